The molecular formula is C14H18ClNO4. The van der Waals surface area contributed by atoms with Crippen LogP contribution in [0.5, 0.6) is 11.5 Å². The summed E-state index contributed by atoms with van der Waals surface area (Å²) in [4.78, 5) is 11.0. The lowest BCUT2D eigenvalue weighted by Gasteiger charge is -2.35. The molecular weight excluding hydrogens is 282 g/mol. The zero-order valence-electron chi connectivity index (χ0n) is 11.5. The van der Waals surface area contributed by atoms with Gasteiger partial charge in [-0.25, -0.2) is 4.79 Å². The van der Waals surface area contributed by atoms with E-state index < -0.39 is 5.97 Å². The SMILES string of the molecule is COc1cc(C(=O)O)cc(Cl)c1OC1(C)CCNCC1. The summed E-state index contributed by atoms with van der Waals surface area (Å²) in [5.74, 6) is -0.303. The Kier molecular flexibility index (Phi) is 4.40. The molecule has 1 aliphatic rings. The van der Waals surface area contributed by atoms with Crippen molar-refractivity contribution in [2.75, 3.05) is 20.2 Å². The highest BCUT2D eigenvalue weighted by molar-refractivity contribution is 6.32. The molecule has 2 rings (SSSR count). The third-order valence-electron chi connectivity index (χ3n) is 3.49. The van der Waals surface area contributed by atoms with Gasteiger partial charge in [0.2, 0.25) is 0 Å². The van der Waals surface area contributed by atoms with Crippen LogP contribution in [-0.2, 0) is 0 Å². The zero-order valence-corrected chi connectivity index (χ0v) is 12.3. The number of carbonyl (C=O) groups is 1. The number of benzene rings is 1. The highest BCUT2D eigenvalue weighted by Gasteiger charge is 2.31. The second-order valence-corrected chi connectivity index (χ2v) is 5.50. The number of hydrogen-bond acceptors (Lipinski definition) is 4. The minimum atomic E-state index is -1.05. The summed E-state index contributed by atoms with van der Waals surface area (Å²) < 4.78 is 11.3. The normalized spacial score (nSPS) is 17.6. The van der Waals surface area contributed by atoms with Crippen LogP contribution < -0.4 is 14.8 Å². The van der Waals surface area contributed by atoms with Crippen molar-refractivity contribution in [2.45, 2.75) is 25.4 Å². The van der Waals surface area contributed by atoms with Gasteiger partial charge in [-0.3, -0.25) is 0 Å². The Bertz CT molecular complexity index is 512. The van der Waals surface area contributed by atoms with E-state index in [0.717, 1.165) is 25.9 Å². The average molecular weight is 300 g/mol. The summed E-state index contributed by atoms with van der Waals surface area (Å²) in [5.41, 5.74) is -0.248. The number of piperidine rings is 1. The molecule has 0 atom stereocenters. The molecule has 0 saturated carbocycles. The number of hydrogen-bond donors (Lipinski definition) is 2. The van der Waals surface area contributed by atoms with E-state index in [1.807, 2.05) is 6.92 Å². The summed E-state index contributed by atoms with van der Waals surface area (Å²) >= 11 is 6.15. The van der Waals surface area contributed by atoms with Crippen LogP contribution in [0.15, 0.2) is 12.1 Å². The minimum absolute atomic E-state index is 0.0784. The van der Waals surface area contributed by atoms with E-state index >= 15 is 0 Å². The Hall–Kier alpha value is -1.46. The van der Waals surface area contributed by atoms with Gasteiger partial charge in [-0.15, -0.1) is 0 Å². The molecule has 5 nitrogen and oxygen atoms in total. The zero-order chi connectivity index (χ0) is 14.8. The van der Waals surface area contributed by atoms with E-state index in [2.05, 4.69) is 5.32 Å². The van der Waals surface area contributed by atoms with Crippen LogP contribution in [-0.4, -0.2) is 36.9 Å². The molecule has 110 valence electrons. The molecule has 1 saturated heterocycles. The average Bonchev–Trinajstić information content (AvgIpc) is 2.41. The van der Waals surface area contributed by atoms with Crippen LogP contribution in [0.1, 0.15) is 30.1 Å². The number of carboxylic acids is 1. The van der Waals surface area contributed by atoms with Gasteiger partial charge in [0.25, 0.3) is 0 Å². The third-order valence-corrected chi connectivity index (χ3v) is 3.77. The molecule has 1 fully saturated rings. The lowest BCUT2D eigenvalue weighted by molar-refractivity contribution is 0.0527. The molecule has 6 heteroatoms. The Morgan fingerprint density at radius 1 is 1.40 bits per heavy atom. The third kappa shape index (κ3) is 3.16. The Labute approximate surface area is 122 Å². The first-order valence-corrected chi connectivity index (χ1v) is 6.83. The molecule has 0 bridgehead atoms. The smallest absolute Gasteiger partial charge is 0.335 e. The summed E-state index contributed by atoms with van der Waals surface area (Å²) in [5, 5.41) is 12.6. The largest absolute Gasteiger partial charge is 0.493 e. The van der Waals surface area contributed by atoms with Gasteiger partial charge < -0.3 is 19.9 Å². The van der Waals surface area contributed by atoms with Crippen molar-refractivity contribution in [3.8, 4) is 11.5 Å². The maximum Gasteiger partial charge on any atom is 0.335 e. The number of aromatic carboxylic acids is 1. The summed E-state index contributed by atoms with van der Waals surface area (Å²) in [6, 6.07) is 2.81. The van der Waals surface area contributed by atoms with Crippen molar-refractivity contribution in [3.63, 3.8) is 0 Å². The van der Waals surface area contributed by atoms with Crippen LogP contribution in [0, 0.1) is 0 Å². The number of ether oxygens (including phenoxy) is 2. The second-order valence-electron chi connectivity index (χ2n) is 5.10. The van der Waals surface area contributed by atoms with E-state index in [1.54, 1.807) is 0 Å². The standard InChI is InChI=1S/C14H18ClNO4/c1-14(3-5-16-6-4-14)20-12-10(15)7-9(13(17)18)8-11(12)19-2/h7-8,16H,3-6H2,1-2H3,(H,17,18). The van der Waals surface area contributed by atoms with Gasteiger partial charge in [0.1, 0.15) is 5.60 Å². The van der Waals surface area contributed by atoms with Crippen molar-refractivity contribution in [1.29, 1.82) is 0 Å². The Balaban J connectivity index is 2.33. The quantitative estimate of drug-likeness (QED) is 0.894. The molecule has 1 heterocycles. The lowest BCUT2D eigenvalue weighted by Crippen LogP contribution is -2.43. The van der Waals surface area contributed by atoms with Gasteiger partial charge in [0.05, 0.1) is 17.7 Å². The molecule has 1 aromatic carbocycles. The number of halogens is 1. The molecule has 1 aromatic rings. The highest BCUT2D eigenvalue weighted by atomic mass is 35.5. The van der Waals surface area contributed by atoms with Gasteiger partial charge >= 0.3 is 5.97 Å². The molecule has 0 unspecified atom stereocenters. The lowest BCUT2D eigenvalue weighted by atomic mass is 9.94. The predicted molar refractivity (Wildman–Crippen MR) is 76.1 cm³/mol. The van der Waals surface area contributed by atoms with Gasteiger partial charge in [-0.1, -0.05) is 11.6 Å². The van der Waals surface area contributed by atoms with E-state index in [-0.39, 0.29) is 16.2 Å². The monoisotopic (exact) mass is 299 g/mol. The molecule has 0 aromatic heterocycles. The van der Waals surface area contributed by atoms with Gasteiger partial charge in [0, 0.05) is 0 Å². The predicted octanol–water partition coefficient (Wildman–Crippen LogP) is 2.57. The summed E-state index contributed by atoms with van der Waals surface area (Å²) in [6.07, 6.45) is 1.71. The fourth-order valence-corrected chi connectivity index (χ4v) is 2.50. The van der Waals surface area contributed by atoms with E-state index in [1.165, 1.54) is 19.2 Å². The summed E-state index contributed by atoms with van der Waals surface area (Å²) in [7, 11) is 1.47. The van der Waals surface area contributed by atoms with Crippen LogP contribution in [0.4, 0.5) is 0 Å². The molecule has 0 amide bonds. The molecule has 0 aliphatic carbocycles. The highest BCUT2D eigenvalue weighted by Crippen LogP contribution is 2.40. The first-order chi connectivity index (χ1) is 9.45. The number of nitrogens with one attached hydrogen (secondary N) is 1. The van der Waals surface area contributed by atoms with Gasteiger partial charge in [-0.05, 0) is 45.0 Å². The number of rotatable bonds is 4. The molecule has 1 aliphatic heterocycles. The minimum Gasteiger partial charge on any atom is -0.493 e. The van der Waals surface area contributed by atoms with Crippen molar-refractivity contribution < 1.29 is 19.4 Å². The Morgan fingerprint density at radius 3 is 2.60 bits per heavy atom. The number of methoxy groups -OCH3 is 1. The van der Waals surface area contributed by atoms with Gasteiger partial charge in [-0.2, -0.15) is 0 Å². The van der Waals surface area contributed by atoms with Gasteiger partial charge in [0.15, 0.2) is 11.5 Å². The maximum absolute atomic E-state index is 11.0. The van der Waals surface area contributed by atoms with E-state index in [4.69, 9.17) is 26.2 Å². The fourth-order valence-electron chi connectivity index (χ4n) is 2.25. The van der Waals surface area contributed by atoms with Crippen molar-refractivity contribution in [3.05, 3.63) is 22.7 Å². The van der Waals surface area contributed by atoms with Crippen LogP contribution in [0.25, 0.3) is 0 Å². The molecule has 0 radical (unpaired) electrons. The van der Waals surface area contributed by atoms with Crippen LogP contribution >= 0.6 is 11.6 Å². The summed E-state index contributed by atoms with van der Waals surface area (Å²) in [6.45, 7) is 3.78. The Morgan fingerprint density at radius 2 is 2.05 bits per heavy atom. The topological polar surface area (TPSA) is 67.8 Å². The first-order valence-electron chi connectivity index (χ1n) is 6.46. The first kappa shape index (κ1) is 14.9. The van der Waals surface area contributed by atoms with Crippen molar-refractivity contribution >= 4 is 17.6 Å². The van der Waals surface area contributed by atoms with E-state index in [9.17, 15) is 4.79 Å². The van der Waals surface area contributed by atoms with Crippen molar-refractivity contribution in [1.82, 2.24) is 5.32 Å². The van der Waals surface area contributed by atoms with E-state index in [0.29, 0.717) is 11.5 Å². The number of carboxylic acid groups (broad SMARTS) is 1. The van der Waals surface area contributed by atoms with Crippen LogP contribution in [0.2, 0.25) is 5.02 Å². The molecule has 0 spiro atoms. The maximum atomic E-state index is 11.0. The van der Waals surface area contributed by atoms with Crippen LogP contribution in [0.3, 0.4) is 0 Å². The molecule has 2 N–H and O–H groups in total. The fraction of sp³-hybridized carbons (Fsp3) is 0.500. The van der Waals surface area contributed by atoms with Crippen molar-refractivity contribution in [2.24, 2.45) is 0 Å². The second kappa shape index (κ2) is 5.89. The molecule has 20 heavy (non-hydrogen) atoms.